The summed E-state index contributed by atoms with van der Waals surface area (Å²) in [5, 5.41) is 2.12. The van der Waals surface area contributed by atoms with Crippen LogP contribution in [0, 0.1) is 0 Å². The zero-order valence-corrected chi connectivity index (χ0v) is 12.1. The smallest absolute Gasteiger partial charge is 0.182 e. The van der Waals surface area contributed by atoms with Crippen LogP contribution in [-0.2, 0) is 14.3 Å². The van der Waals surface area contributed by atoms with Crippen LogP contribution in [0.5, 0.6) is 0 Å². The largest absolute Gasteiger partial charge is 0.353 e. The van der Waals surface area contributed by atoms with E-state index in [-0.39, 0.29) is 17.4 Å². The summed E-state index contributed by atoms with van der Waals surface area (Å²) in [4.78, 5) is 5.94. The molecule has 4 heteroatoms. The van der Waals surface area contributed by atoms with Crippen LogP contribution in [0.2, 0.25) is 0 Å². The van der Waals surface area contributed by atoms with Gasteiger partial charge in [0.2, 0.25) is 0 Å². The van der Waals surface area contributed by atoms with Gasteiger partial charge >= 0.3 is 0 Å². The van der Waals surface area contributed by atoms with Gasteiger partial charge in [-0.2, -0.15) is 5.06 Å². The van der Waals surface area contributed by atoms with Crippen LogP contribution in [0.4, 0.5) is 0 Å². The summed E-state index contributed by atoms with van der Waals surface area (Å²) >= 11 is 0. The maximum Gasteiger partial charge on any atom is 0.182 e. The van der Waals surface area contributed by atoms with Gasteiger partial charge in [0.25, 0.3) is 0 Å². The highest BCUT2D eigenvalue weighted by Gasteiger charge is 2.42. The molecule has 0 amide bonds. The topological polar surface area (TPSA) is 30.9 Å². The quantitative estimate of drug-likeness (QED) is 0.697. The highest BCUT2D eigenvalue weighted by Crippen LogP contribution is 2.38. The van der Waals surface area contributed by atoms with Gasteiger partial charge in [0.1, 0.15) is 6.61 Å². The van der Waals surface area contributed by atoms with Crippen molar-refractivity contribution in [3.63, 3.8) is 0 Å². The van der Waals surface area contributed by atoms with E-state index in [1.807, 2.05) is 0 Å². The molecule has 4 nitrogen and oxygen atoms in total. The fourth-order valence-electron chi connectivity index (χ4n) is 2.69. The second-order valence-electron chi connectivity index (χ2n) is 5.97. The first-order valence-electron chi connectivity index (χ1n) is 6.32. The number of hydrogen-bond acceptors (Lipinski definition) is 4. The lowest BCUT2D eigenvalue weighted by atomic mass is 9.82. The van der Waals surface area contributed by atoms with E-state index in [4.69, 9.17) is 14.3 Å². The Balaban J connectivity index is 2.64. The van der Waals surface area contributed by atoms with Crippen LogP contribution >= 0.6 is 0 Å². The SMILES string of the molecule is COC(CON1C(C)(C)CCCC1(C)C)OC. The summed E-state index contributed by atoms with van der Waals surface area (Å²) in [5.41, 5.74) is 0.127. The van der Waals surface area contributed by atoms with Gasteiger partial charge in [-0.15, -0.1) is 0 Å². The first-order chi connectivity index (χ1) is 7.83. The molecule has 1 aliphatic heterocycles. The minimum atomic E-state index is -0.302. The molecule has 0 aromatic heterocycles. The lowest BCUT2D eigenvalue weighted by Gasteiger charge is -2.51. The number of nitrogens with zero attached hydrogens (tertiary/aromatic N) is 1. The number of methoxy groups -OCH3 is 2. The highest BCUT2D eigenvalue weighted by atomic mass is 16.7. The number of rotatable bonds is 5. The number of piperidine rings is 1. The summed E-state index contributed by atoms with van der Waals surface area (Å²) in [7, 11) is 3.26. The molecule has 1 rings (SSSR count). The fourth-order valence-corrected chi connectivity index (χ4v) is 2.69. The van der Waals surface area contributed by atoms with Gasteiger partial charge in [-0.25, -0.2) is 0 Å². The van der Waals surface area contributed by atoms with Gasteiger partial charge in [-0.05, 0) is 47.0 Å². The molecule has 0 unspecified atom stereocenters. The molecule has 1 aliphatic rings. The molecule has 1 heterocycles. The van der Waals surface area contributed by atoms with Crippen molar-refractivity contribution in [3.05, 3.63) is 0 Å². The van der Waals surface area contributed by atoms with Crippen molar-refractivity contribution in [1.29, 1.82) is 0 Å². The third-order valence-electron chi connectivity index (χ3n) is 3.54. The van der Waals surface area contributed by atoms with Gasteiger partial charge < -0.3 is 9.47 Å². The van der Waals surface area contributed by atoms with E-state index in [1.54, 1.807) is 14.2 Å². The Morgan fingerprint density at radius 1 is 1.00 bits per heavy atom. The Bertz CT molecular complexity index is 221. The second kappa shape index (κ2) is 5.65. The van der Waals surface area contributed by atoms with Gasteiger partial charge in [-0.1, -0.05) is 0 Å². The van der Waals surface area contributed by atoms with Crippen molar-refractivity contribution in [2.45, 2.75) is 64.3 Å². The molecule has 102 valence electrons. The predicted molar refractivity (Wildman–Crippen MR) is 67.6 cm³/mol. The molecule has 0 aromatic rings. The van der Waals surface area contributed by atoms with Crippen LogP contribution in [0.3, 0.4) is 0 Å². The van der Waals surface area contributed by atoms with Crippen molar-refractivity contribution >= 4 is 0 Å². The van der Waals surface area contributed by atoms with Crippen LogP contribution in [-0.4, -0.2) is 43.3 Å². The van der Waals surface area contributed by atoms with E-state index < -0.39 is 0 Å². The Labute approximate surface area is 105 Å². The van der Waals surface area contributed by atoms with E-state index >= 15 is 0 Å². The molecule has 0 saturated carbocycles. The van der Waals surface area contributed by atoms with Gasteiger partial charge in [-0.3, -0.25) is 4.84 Å². The first kappa shape index (κ1) is 14.9. The Hall–Kier alpha value is -0.160. The van der Waals surface area contributed by atoms with Crippen molar-refractivity contribution < 1.29 is 14.3 Å². The van der Waals surface area contributed by atoms with Gasteiger partial charge in [0, 0.05) is 25.3 Å². The Kier molecular flexibility index (Phi) is 4.95. The van der Waals surface area contributed by atoms with Crippen LogP contribution < -0.4 is 0 Å². The number of hydroxylamine groups is 2. The maximum atomic E-state index is 5.94. The van der Waals surface area contributed by atoms with Crippen molar-refractivity contribution in [2.75, 3.05) is 20.8 Å². The number of hydrogen-bond donors (Lipinski definition) is 0. The minimum Gasteiger partial charge on any atom is -0.353 e. The minimum absolute atomic E-state index is 0.0633. The molecule has 0 aliphatic carbocycles. The predicted octanol–water partition coefficient (Wildman–Crippen LogP) is 2.58. The summed E-state index contributed by atoms with van der Waals surface area (Å²) in [5.74, 6) is 0. The van der Waals surface area contributed by atoms with Crippen molar-refractivity contribution in [1.82, 2.24) is 5.06 Å². The van der Waals surface area contributed by atoms with E-state index in [0.29, 0.717) is 6.61 Å². The molecule has 0 radical (unpaired) electrons. The standard InChI is InChI=1S/C13H27NO3/c1-12(2)8-7-9-13(3,4)14(12)17-10-11(15-5)16-6/h11H,7-10H2,1-6H3. The van der Waals surface area contributed by atoms with Gasteiger partial charge in [0.15, 0.2) is 6.29 Å². The molecule has 0 N–H and O–H groups in total. The fraction of sp³-hybridized carbons (Fsp3) is 1.00. The van der Waals surface area contributed by atoms with Crippen LogP contribution in [0.25, 0.3) is 0 Å². The zero-order chi connectivity index (χ0) is 13.1. The van der Waals surface area contributed by atoms with Gasteiger partial charge in [0.05, 0.1) is 0 Å². The van der Waals surface area contributed by atoms with E-state index in [1.165, 1.54) is 6.42 Å². The summed E-state index contributed by atoms with van der Waals surface area (Å²) in [6, 6.07) is 0. The summed E-state index contributed by atoms with van der Waals surface area (Å²) in [6.45, 7) is 9.33. The molecule has 1 saturated heterocycles. The van der Waals surface area contributed by atoms with E-state index in [9.17, 15) is 0 Å². The maximum absolute atomic E-state index is 5.94. The highest BCUT2D eigenvalue weighted by molar-refractivity contribution is 4.92. The molecule has 0 bridgehead atoms. The monoisotopic (exact) mass is 245 g/mol. The lowest BCUT2D eigenvalue weighted by Crippen LogP contribution is -2.58. The van der Waals surface area contributed by atoms with E-state index in [2.05, 4.69) is 32.8 Å². The third kappa shape index (κ3) is 3.65. The zero-order valence-electron chi connectivity index (χ0n) is 12.1. The molecule has 1 fully saturated rings. The Morgan fingerprint density at radius 3 is 1.88 bits per heavy atom. The summed E-state index contributed by atoms with van der Waals surface area (Å²) in [6.07, 6.45) is 3.25. The van der Waals surface area contributed by atoms with Crippen molar-refractivity contribution in [3.8, 4) is 0 Å². The molecular formula is C13H27NO3. The molecule has 0 aromatic carbocycles. The third-order valence-corrected chi connectivity index (χ3v) is 3.54. The second-order valence-corrected chi connectivity index (χ2v) is 5.97. The van der Waals surface area contributed by atoms with Crippen LogP contribution in [0.1, 0.15) is 47.0 Å². The van der Waals surface area contributed by atoms with Crippen LogP contribution in [0.15, 0.2) is 0 Å². The first-order valence-corrected chi connectivity index (χ1v) is 6.32. The molecule has 17 heavy (non-hydrogen) atoms. The molecule has 0 spiro atoms. The average molecular weight is 245 g/mol. The van der Waals surface area contributed by atoms with E-state index in [0.717, 1.165) is 12.8 Å². The normalized spacial score (nSPS) is 24.2. The summed E-state index contributed by atoms with van der Waals surface area (Å²) < 4.78 is 10.3. The number of ether oxygens (including phenoxy) is 2. The lowest BCUT2D eigenvalue weighted by molar-refractivity contribution is -0.306. The average Bonchev–Trinajstić information content (AvgIpc) is 2.21. The molecule has 0 atom stereocenters. The van der Waals surface area contributed by atoms with Crippen molar-refractivity contribution in [2.24, 2.45) is 0 Å². The molecular weight excluding hydrogens is 218 g/mol. The Morgan fingerprint density at radius 2 is 1.47 bits per heavy atom.